The van der Waals surface area contributed by atoms with Gasteiger partial charge in [0, 0.05) is 51.4 Å². The molecule has 2 saturated heterocycles. The molecule has 0 unspecified atom stereocenters. The number of rotatable bonds is 3. The van der Waals surface area contributed by atoms with Gasteiger partial charge in [0.2, 0.25) is 11.8 Å². The van der Waals surface area contributed by atoms with E-state index in [1.165, 1.54) is 0 Å². The number of anilines is 1. The van der Waals surface area contributed by atoms with Gasteiger partial charge >= 0.3 is 0 Å². The van der Waals surface area contributed by atoms with Crippen LogP contribution in [0.3, 0.4) is 0 Å². The van der Waals surface area contributed by atoms with Crippen molar-refractivity contribution in [2.24, 2.45) is 5.92 Å². The van der Waals surface area contributed by atoms with Crippen molar-refractivity contribution in [3.05, 3.63) is 12.4 Å². The summed E-state index contributed by atoms with van der Waals surface area (Å²) < 4.78 is 1.83. The quantitative estimate of drug-likeness (QED) is 0.818. The maximum absolute atomic E-state index is 12.7. The second kappa shape index (κ2) is 6.31. The first kappa shape index (κ1) is 16.0. The van der Waals surface area contributed by atoms with Crippen LogP contribution in [0.15, 0.2) is 12.4 Å². The number of nitrogens with zero attached hydrogens (tertiary/aromatic N) is 5. The van der Waals surface area contributed by atoms with Crippen LogP contribution in [0, 0.1) is 5.92 Å². The molecule has 1 atom stereocenters. The van der Waals surface area contributed by atoms with Gasteiger partial charge < -0.3 is 14.7 Å². The summed E-state index contributed by atoms with van der Waals surface area (Å²) in [7, 11) is 2.06. The van der Waals surface area contributed by atoms with Gasteiger partial charge in [-0.2, -0.15) is 5.10 Å². The van der Waals surface area contributed by atoms with Crippen molar-refractivity contribution in [3.8, 4) is 0 Å². The van der Waals surface area contributed by atoms with E-state index in [1.807, 2.05) is 29.6 Å². The van der Waals surface area contributed by atoms with Gasteiger partial charge in [0.1, 0.15) is 0 Å². The summed E-state index contributed by atoms with van der Waals surface area (Å²) in [5.41, 5.74) is 0.789. The fourth-order valence-electron chi connectivity index (χ4n) is 3.16. The van der Waals surface area contributed by atoms with Gasteiger partial charge in [0.05, 0.1) is 17.8 Å². The van der Waals surface area contributed by atoms with E-state index in [9.17, 15) is 9.59 Å². The summed E-state index contributed by atoms with van der Waals surface area (Å²) in [6.45, 7) is 7.86. The Morgan fingerprint density at radius 1 is 1.26 bits per heavy atom. The monoisotopic (exact) mass is 319 g/mol. The molecule has 2 aliphatic rings. The van der Waals surface area contributed by atoms with Gasteiger partial charge in [-0.05, 0) is 20.9 Å². The summed E-state index contributed by atoms with van der Waals surface area (Å²) >= 11 is 0. The number of carbonyl (C=O) groups excluding carboxylic acids is 2. The normalized spacial score (nSPS) is 23.1. The summed E-state index contributed by atoms with van der Waals surface area (Å²) in [5.74, 6) is -0.0979. The lowest BCUT2D eigenvalue weighted by Gasteiger charge is -2.33. The Hall–Kier alpha value is -1.89. The van der Waals surface area contributed by atoms with Crippen molar-refractivity contribution < 1.29 is 9.59 Å². The third-order valence-electron chi connectivity index (χ3n) is 4.72. The van der Waals surface area contributed by atoms with E-state index < -0.39 is 0 Å². The molecule has 7 nitrogen and oxygen atoms in total. The lowest BCUT2D eigenvalue weighted by molar-refractivity contribution is -0.137. The fourth-order valence-corrected chi connectivity index (χ4v) is 3.16. The van der Waals surface area contributed by atoms with E-state index >= 15 is 0 Å². The number of piperazine rings is 1. The molecule has 23 heavy (non-hydrogen) atoms. The van der Waals surface area contributed by atoms with Crippen LogP contribution in [0.25, 0.3) is 0 Å². The minimum absolute atomic E-state index is 0.0146. The molecule has 0 aliphatic carbocycles. The predicted octanol–water partition coefficient (Wildman–Crippen LogP) is 0.591. The molecule has 1 aromatic rings. The van der Waals surface area contributed by atoms with Crippen LogP contribution in [0.2, 0.25) is 0 Å². The van der Waals surface area contributed by atoms with Crippen LogP contribution in [0.4, 0.5) is 5.69 Å². The largest absolute Gasteiger partial charge is 0.340 e. The second-order valence-electron chi connectivity index (χ2n) is 6.81. The maximum Gasteiger partial charge on any atom is 0.228 e. The van der Waals surface area contributed by atoms with Crippen molar-refractivity contribution in [1.29, 1.82) is 0 Å². The van der Waals surface area contributed by atoms with E-state index in [0.29, 0.717) is 13.0 Å². The zero-order chi connectivity index (χ0) is 16.6. The van der Waals surface area contributed by atoms with Crippen molar-refractivity contribution in [2.45, 2.75) is 26.3 Å². The molecular weight excluding hydrogens is 294 g/mol. The number of amides is 2. The second-order valence-corrected chi connectivity index (χ2v) is 6.81. The van der Waals surface area contributed by atoms with Gasteiger partial charge in [-0.25, -0.2) is 0 Å². The highest BCUT2D eigenvalue weighted by molar-refractivity contribution is 6.00. The molecule has 2 aliphatic heterocycles. The molecule has 1 aromatic heterocycles. The third kappa shape index (κ3) is 3.24. The van der Waals surface area contributed by atoms with Gasteiger partial charge in [-0.1, -0.05) is 0 Å². The van der Waals surface area contributed by atoms with E-state index in [-0.39, 0.29) is 23.8 Å². The highest BCUT2D eigenvalue weighted by Crippen LogP contribution is 2.27. The first-order chi connectivity index (χ1) is 11.0. The van der Waals surface area contributed by atoms with Gasteiger partial charge in [0.15, 0.2) is 0 Å². The Bertz CT molecular complexity index is 589. The number of hydrogen-bond donors (Lipinski definition) is 0. The third-order valence-corrected chi connectivity index (χ3v) is 4.72. The van der Waals surface area contributed by atoms with Crippen LogP contribution < -0.4 is 4.90 Å². The maximum atomic E-state index is 12.7. The fraction of sp³-hybridized carbons (Fsp3) is 0.688. The molecule has 2 fully saturated rings. The van der Waals surface area contributed by atoms with E-state index in [0.717, 1.165) is 31.9 Å². The van der Waals surface area contributed by atoms with E-state index in [2.05, 4.69) is 17.0 Å². The van der Waals surface area contributed by atoms with Crippen LogP contribution in [0.5, 0.6) is 0 Å². The minimum atomic E-state index is -0.228. The van der Waals surface area contributed by atoms with Crippen LogP contribution in [-0.4, -0.2) is 71.2 Å². The van der Waals surface area contributed by atoms with Gasteiger partial charge in [-0.15, -0.1) is 0 Å². The smallest absolute Gasteiger partial charge is 0.228 e. The average molecular weight is 319 g/mol. The van der Waals surface area contributed by atoms with Crippen LogP contribution in [0.1, 0.15) is 26.3 Å². The number of aromatic nitrogens is 2. The SMILES string of the molecule is CC(C)n1cc(N2C[C@@H](C(=O)N3CCN(C)CC3)CC2=O)cn1. The van der Waals surface area contributed by atoms with Crippen LogP contribution >= 0.6 is 0 Å². The van der Waals surface area contributed by atoms with Crippen LogP contribution in [-0.2, 0) is 9.59 Å². The molecule has 0 bridgehead atoms. The Morgan fingerprint density at radius 3 is 2.57 bits per heavy atom. The predicted molar refractivity (Wildman–Crippen MR) is 87.1 cm³/mol. The molecule has 3 rings (SSSR count). The van der Waals surface area contributed by atoms with Crippen molar-refractivity contribution in [1.82, 2.24) is 19.6 Å². The molecule has 0 aromatic carbocycles. The highest BCUT2D eigenvalue weighted by atomic mass is 16.2. The number of carbonyl (C=O) groups is 2. The van der Waals surface area contributed by atoms with E-state index in [4.69, 9.17) is 0 Å². The molecule has 0 saturated carbocycles. The number of hydrogen-bond acceptors (Lipinski definition) is 4. The molecule has 3 heterocycles. The lowest BCUT2D eigenvalue weighted by atomic mass is 10.1. The number of likely N-dealkylation sites (N-methyl/N-ethyl adjacent to an activating group) is 1. The zero-order valence-corrected chi connectivity index (χ0v) is 14.1. The zero-order valence-electron chi connectivity index (χ0n) is 14.1. The average Bonchev–Trinajstić information content (AvgIpc) is 3.14. The first-order valence-electron chi connectivity index (χ1n) is 8.27. The van der Waals surface area contributed by atoms with Gasteiger partial charge in [-0.3, -0.25) is 14.3 Å². The molecule has 0 radical (unpaired) electrons. The molecule has 0 N–H and O–H groups in total. The van der Waals surface area contributed by atoms with Crippen molar-refractivity contribution >= 4 is 17.5 Å². The highest BCUT2D eigenvalue weighted by Gasteiger charge is 2.38. The van der Waals surface area contributed by atoms with Crippen molar-refractivity contribution in [3.63, 3.8) is 0 Å². The summed E-state index contributed by atoms with van der Waals surface area (Å²) in [4.78, 5) is 30.8. The van der Waals surface area contributed by atoms with Gasteiger partial charge in [0.25, 0.3) is 0 Å². The summed E-state index contributed by atoms with van der Waals surface area (Å²) in [6, 6.07) is 0.254. The van der Waals surface area contributed by atoms with E-state index in [1.54, 1.807) is 11.1 Å². The standard InChI is InChI=1S/C16H25N5O2/c1-12(2)21-11-14(9-17-21)20-10-13(8-15(20)22)16(23)19-6-4-18(3)5-7-19/h9,11-13H,4-8,10H2,1-3H3/t13-/m0/s1. The summed E-state index contributed by atoms with van der Waals surface area (Å²) in [5, 5.41) is 4.28. The Morgan fingerprint density at radius 2 is 1.96 bits per heavy atom. The molecule has 0 spiro atoms. The topological polar surface area (TPSA) is 61.7 Å². The molecular formula is C16H25N5O2. The summed E-state index contributed by atoms with van der Waals surface area (Å²) in [6.07, 6.45) is 3.89. The first-order valence-corrected chi connectivity index (χ1v) is 8.27. The Labute approximate surface area is 136 Å². The molecule has 2 amide bonds. The Balaban J connectivity index is 1.65. The van der Waals surface area contributed by atoms with Crippen molar-refractivity contribution in [2.75, 3.05) is 44.7 Å². The molecule has 126 valence electrons. The molecule has 7 heteroatoms. The minimum Gasteiger partial charge on any atom is -0.340 e. The lowest BCUT2D eigenvalue weighted by Crippen LogP contribution is -2.49. The Kier molecular flexibility index (Phi) is 4.39.